The minimum atomic E-state index is -0.318. The third-order valence-electron chi connectivity index (χ3n) is 3.51. The van der Waals surface area contributed by atoms with Gasteiger partial charge in [-0.1, -0.05) is 0 Å². The number of carbonyl (C=O) groups is 1. The largest absolute Gasteiger partial charge is 0.462 e. The van der Waals surface area contributed by atoms with E-state index in [0.717, 1.165) is 42.6 Å². The normalized spacial score (nSPS) is 15.2. The van der Waals surface area contributed by atoms with Crippen molar-refractivity contribution < 1.29 is 14.4 Å². The standard InChI is InChI=1S/C16H18N2O3/c1-2-20-16(19)13-7-8-17-15-6-5-12(11-14(13)15)18-9-3-4-10-21-18/h5-8,11H,2-4,9-10H2,1H3. The number of nitrogens with zero attached hydrogens (tertiary/aromatic N) is 2. The zero-order valence-corrected chi connectivity index (χ0v) is 12.0. The van der Waals surface area contributed by atoms with Gasteiger partial charge in [0, 0.05) is 18.1 Å². The van der Waals surface area contributed by atoms with E-state index in [4.69, 9.17) is 9.57 Å². The minimum absolute atomic E-state index is 0.318. The summed E-state index contributed by atoms with van der Waals surface area (Å²) in [5, 5.41) is 2.67. The van der Waals surface area contributed by atoms with Crippen LogP contribution >= 0.6 is 0 Å². The number of carbonyl (C=O) groups excluding carboxylic acids is 1. The second-order valence-electron chi connectivity index (χ2n) is 4.92. The Labute approximate surface area is 123 Å². The highest BCUT2D eigenvalue weighted by molar-refractivity contribution is 6.04. The number of hydroxylamine groups is 1. The van der Waals surface area contributed by atoms with Crippen LogP contribution in [-0.2, 0) is 9.57 Å². The van der Waals surface area contributed by atoms with Crippen LogP contribution in [0.25, 0.3) is 10.9 Å². The van der Waals surface area contributed by atoms with Gasteiger partial charge in [0.05, 0.1) is 30.0 Å². The summed E-state index contributed by atoms with van der Waals surface area (Å²) in [5.41, 5.74) is 2.27. The van der Waals surface area contributed by atoms with Gasteiger partial charge in [0.1, 0.15) is 0 Å². The molecule has 0 spiro atoms. The van der Waals surface area contributed by atoms with E-state index < -0.39 is 0 Å². The van der Waals surface area contributed by atoms with E-state index in [9.17, 15) is 4.79 Å². The third-order valence-corrected chi connectivity index (χ3v) is 3.51. The maximum Gasteiger partial charge on any atom is 0.338 e. The van der Waals surface area contributed by atoms with E-state index in [1.807, 2.05) is 23.3 Å². The lowest BCUT2D eigenvalue weighted by Gasteiger charge is -2.28. The molecule has 0 bridgehead atoms. The molecule has 2 aromatic rings. The predicted octanol–water partition coefficient (Wildman–Crippen LogP) is 2.94. The molecule has 1 fully saturated rings. The quantitative estimate of drug-likeness (QED) is 0.812. The van der Waals surface area contributed by atoms with Crippen LogP contribution < -0.4 is 5.06 Å². The molecular weight excluding hydrogens is 268 g/mol. The summed E-state index contributed by atoms with van der Waals surface area (Å²) < 4.78 is 5.11. The molecule has 0 saturated carbocycles. The zero-order chi connectivity index (χ0) is 14.7. The Morgan fingerprint density at radius 3 is 3.05 bits per heavy atom. The Kier molecular flexibility index (Phi) is 4.01. The molecular formula is C16H18N2O3. The van der Waals surface area contributed by atoms with Crippen molar-refractivity contribution in [3.8, 4) is 0 Å². The van der Waals surface area contributed by atoms with Gasteiger partial charge < -0.3 is 4.74 Å². The van der Waals surface area contributed by atoms with Gasteiger partial charge in [-0.05, 0) is 44.0 Å². The van der Waals surface area contributed by atoms with Crippen LogP contribution in [0.3, 0.4) is 0 Å². The van der Waals surface area contributed by atoms with Crippen molar-refractivity contribution in [3.63, 3.8) is 0 Å². The highest BCUT2D eigenvalue weighted by atomic mass is 16.7. The molecule has 1 aromatic carbocycles. The van der Waals surface area contributed by atoms with E-state index in [-0.39, 0.29) is 5.97 Å². The number of anilines is 1. The minimum Gasteiger partial charge on any atom is -0.462 e. The molecule has 0 radical (unpaired) electrons. The average molecular weight is 286 g/mol. The van der Waals surface area contributed by atoms with E-state index >= 15 is 0 Å². The van der Waals surface area contributed by atoms with E-state index in [0.29, 0.717) is 12.2 Å². The molecule has 110 valence electrons. The SMILES string of the molecule is CCOC(=O)c1ccnc2ccc(N3CCCCO3)cc12. The zero-order valence-electron chi connectivity index (χ0n) is 12.0. The first-order valence-corrected chi connectivity index (χ1v) is 7.26. The van der Waals surface area contributed by atoms with Gasteiger partial charge in [0.25, 0.3) is 0 Å². The molecule has 5 nitrogen and oxygen atoms in total. The van der Waals surface area contributed by atoms with Crippen molar-refractivity contribution in [2.75, 3.05) is 24.8 Å². The first kappa shape index (κ1) is 13.8. The molecule has 0 N–H and O–H groups in total. The van der Waals surface area contributed by atoms with Crippen molar-refractivity contribution in [1.29, 1.82) is 0 Å². The highest BCUT2D eigenvalue weighted by Gasteiger charge is 2.16. The molecule has 1 aliphatic rings. The van der Waals surface area contributed by atoms with Crippen LogP contribution in [0.5, 0.6) is 0 Å². The smallest absolute Gasteiger partial charge is 0.338 e. The van der Waals surface area contributed by atoms with Crippen LogP contribution in [0.2, 0.25) is 0 Å². The Morgan fingerprint density at radius 1 is 1.38 bits per heavy atom. The van der Waals surface area contributed by atoms with Crippen LogP contribution in [0.15, 0.2) is 30.5 Å². The first-order valence-electron chi connectivity index (χ1n) is 7.26. The van der Waals surface area contributed by atoms with Gasteiger partial charge in [-0.3, -0.25) is 14.9 Å². The van der Waals surface area contributed by atoms with Gasteiger partial charge in [-0.15, -0.1) is 0 Å². The average Bonchev–Trinajstić information content (AvgIpc) is 2.55. The van der Waals surface area contributed by atoms with Crippen LogP contribution in [0.1, 0.15) is 30.1 Å². The predicted molar refractivity (Wildman–Crippen MR) is 80.2 cm³/mol. The number of pyridine rings is 1. The number of fused-ring (bicyclic) bond motifs is 1. The number of rotatable bonds is 3. The highest BCUT2D eigenvalue weighted by Crippen LogP contribution is 2.26. The molecule has 0 unspecified atom stereocenters. The molecule has 0 atom stereocenters. The molecule has 3 rings (SSSR count). The van der Waals surface area contributed by atoms with Gasteiger partial charge in [-0.2, -0.15) is 0 Å². The lowest BCUT2D eigenvalue weighted by Crippen LogP contribution is -2.29. The Balaban J connectivity index is 2.02. The van der Waals surface area contributed by atoms with Gasteiger partial charge in [0.2, 0.25) is 0 Å². The van der Waals surface area contributed by atoms with E-state index in [2.05, 4.69) is 4.98 Å². The number of hydrogen-bond donors (Lipinski definition) is 0. The molecule has 21 heavy (non-hydrogen) atoms. The number of ether oxygens (including phenoxy) is 1. The summed E-state index contributed by atoms with van der Waals surface area (Å²) in [6.45, 7) is 3.75. The van der Waals surface area contributed by atoms with E-state index in [1.54, 1.807) is 19.2 Å². The Hall–Kier alpha value is -2.14. The molecule has 0 amide bonds. The lowest BCUT2D eigenvalue weighted by atomic mass is 10.1. The molecule has 1 aliphatic heterocycles. The maximum absolute atomic E-state index is 12.1. The van der Waals surface area contributed by atoms with E-state index in [1.165, 1.54) is 0 Å². The fraction of sp³-hybridized carbons (Fsp3) is 0.375. The topological polar surface area (TPSA) is 51.7 Å². The number of aromatic nitrogens is 1. The molecule has 0 aliphatic carbocycles. The van der Waals surface area contributed by atoms with Crippen molar-refractivity contribution in [3.05, 3.63) is 36.0 Å². The fourth-order valence-electron chi connectivity index (χ4n) is 2.48. The van der Waals surface area contributed by atoms with Gasteiger partial charge in [0.15, 0.2) is 0 Å². The molecule has 1 aromatic heterocycles. The van der Waals surface area contributed by atoms with Crippen LogP contribution in [-0.4, -0.2) is 30.7 Å². The monoisotopic (exact) mass is 286 g/mol. The van der Waals surface area contributed by atoms with Crippen molar-refractivity contribution in [2.45, 2.75) is 19.8 Å². The van der Waals surface area contributed by atoms with Crippen LogP contribution in [0.4, 0.5) is 5.69 Å². The van der Waals surface area contributed by atoms with Crippen molar-refractivity contribution in [2.24, 2.45) is 0 Å². The lowest BCUT2D eigenvalue weighted by molar-refractivity contribution is 0.0528. The van der Waals surface area contributed by atoms with Gasteiger partial charge >= 0.3 is 5.97 Å². The Bertz CT molecular complexity index is 651. The first-order chi connectivity index (χ1) is 10.3. The summed E-state index contributed by atoms with van der Waals surface area (Å²) >= 11 is 0. The van der Waals surface area contributed by atoms with Crippen molar-refractivity contribution in [1.82, 2.24) is 4.98 Å². The summed E-state index contributed by atoms with van der Waals surface area (Å²) in [6, 6.07) is 7.52. The number of hydrogen-bond acceptors (Lipinski definition) is 5. The maximum atomic E-state index is 12.1. The second kappa shape index (κ2) is 6.10. The summed E-state index contributed by atoms with van der Waals surface area (Å²) in [5.74, 6) is -0.318. The summed E-state index contributed by atoms with van der Waals surface area (Å²) in [4.78, 5) is 22.0. The molecule has 5 heteroatoms. The number of benzene rings is 1. The molecule has 1 saturated heterocycles. The fourth-order valence-corrected chi connectivity index (χ4v) is 2.48. The Morgan fingerprint density at radius 2 is 2.29 bits per heavy atom. The molecule has 2 heterocycles. The summed E-state index contributed by atoms with van der Waals surface area (Å²) in [6.07, 6.45) is 3.82. The number of esters is 1. The third kappa shape index (κ3) is 2.83. The van der Waals surface area contributed by atoms with Gasteiger partial charge in [-0.25, -0.2) is 4.79 Å². The second-order valence-corrected chi connectivity index (χ2v) is 4.92. The van der Waals surface area contributed by atoms with Crippen molar-refractivity contribution >= 4 is 22.6 Å². The summed E-state index contributed by atoms with van der Waals surface area (Å²) in [7, 11) is 0. The van der Waals surface area contributed by atoms with Crippen LogP contribution in [0, 0.1) is 0 Å².